The van der Waals surface area contributed by atoms with E-state index in [2.05, 4.69) is 14.6 Å². The number of nitrogen functional groups attached to an aromatic ring is 1. The lowest BCUT2D eigenvalue weighted by Gasteiger charge is -2.33. The highest BCUT2D eigenvalue weighted by Crippen LogP contribution is 2.60. The van der Waals surface area contributed by atoms with Gasteiger partial charge in [0, 0.05) is 53.8 Å². The molecule has 3 heterocycles. The Hall–Kier alpha value is -2.33. The second kappa shape index (κ2) is 8.16. The van der Waals surface area contributed by atoms with Gasteiger partial charge in [0.25, 0.3) is 0 Å². The third-order valence-electron chi connectivity index (χ3n) is 7.32. The third-order valence-corrected chi connectivity index (χ3v) is 7.32. The molecule has 0 spiro atoms. The summed E-state index contributed by atoms with van der Waals surface area (Å²) in [6, 6.07) is 2.44. The molecule has 4 N–H and O–H groups in total. The van der Waals surface area contributed by atoms with Crippen LogP contribution in [0, 0.1) is 17.8 Å². The quantitative estimate of drug-likeness (QED) is 0.626. The van der Waals surface area contributed by atoms with E-state index >= 15 is 0 Å². The molecule has 7 nitrogen and oxygen atoms in total. The molecule has 2 unspecified atom stereocenters. The van der Waals surface area contributed by atoms with Crippen LogP contribution in [0.15, 0.2) is 23.3 Å². The van der Waals surface area contributed by atoms with Crippen molar-refractivity contribution in [3.05, 3.63) is 23.9 Å². The Morgan fingerprint density at radius 3 is 2.58 bits per heavy atom. The number of alkyl halides is 3. The number of likely N-dealkylation sites (tertiary alicyclic amines) is 1. The minimum Gasteiger partial charge on any atom is -0.402 e. The predicted octanol–water partition coefficient (Wildman–Crippen LogP) is 3.21. The molecule has 2 aliphatic carbocycles. The van der Waals surface area contributed by atoms with Crippen LogP contribution in [-0.4, -0.2) is 59.3 Å². The van der Waals surface area contributed by atoms with Gasteiger partial charge in [-0.25, -0.2) is 4.98 Å². The van der Waals surface area contributed by atoms with E-state index in [0.29, 0.717) is 47.2 Å². The SMILES string of the molecule is CC(C)N=C(C=C(N)c1cnc(N)c(OC(F)(F)F)c1)C1[C@H]2CC(N3C[C@H]4C[C@@H]3CO4)C[C@@H]12. The number of hydrogen-bond acceptors (Lipinski definition) is 7. The second-order valence-corrected chi connectivity index (χ2v) is 9.92. The monoisotopic (exact) mass is 465 g/mol. The fourth-order valence-corrected chi connectivity index (χ4v) is 5.98. The van der Waals surface area contributed by atoms with Crippen molar-refractivity contribution in [2.75, 3.05) is 18.9 Å². The maximum Gasteiger partial charge on any atom is 0.573 e. The zero-order valence-electron chi connectivity index (χ0n) is 18.8. The van der Waals surface area contributed by atoms with Gasteiger partial charge in [0.1, 0.15) is 0 Å². The lowest BCUT2D eigenvalue weighted by molar-refractivity contribution is -0.274. The number of nitrogens with two attached hydrogens (primary N) is 2. The summed E-state index contributed by atoms with van der Waals surface area (Å²) in [6.45, 7) is 5.92. The van der Waals surface area contributed by atoms with Gasteiger partial charge >= 0.3 is 6.36 Å². The molecular weight excluding hydrogens is 435 g/mol. The van der Waals surface area contributed by atoms with Crippen LogP contribution in [0.3, 0.4) is 0 Å². The first kappa shape index (κ1) is 22.5. The molecule has 33 heavy (non-hydrogen) atoms. The largest absolute Gasteiger partial charge is 0.573 e. The van der Waals surface area contributed by atoms with E-state index < -0.39 is 12.1 Å². The standard InChI is InChI=1S/C23H30F3N5O2/c1-11(2)30-19(7-18(27)12-3-20(22(28)29-8-12)33-23(24,25)26)21-16-5-13(6-17(16)21)31-9-15-4-14(31)10-32-15/h3,7-8,11,13-17,21H,4-6,9-10,27H2,1-2H3,(H2,28,29)/t13?,14-,15-,16-,17+,21?/m1/s1. The van der Waals surface area contributed by atoms with Crippen molar-refractivity contribution in [2.45, 2.75) is 63.7 Å². The van der Waals surface area contributed by atoms with E-state index in [1.54, 1.807) is 6.08 Å². The van der Waals surface area contributed by atoms with Crippen LogP contribution in [0.4, 0.5) is 19.0 Å². The second-order valence-electron chi connectivity index (χ2n) is 9.92. The Bertz CT molecular complexity index is 967. The number of ether oxygens (including phenoxy) is 2. The first-order valence-electron chi connectivity index (χ1n) is 11.5. The molecule has 0 radical (unpaired) electrons. The zero-order valence-corrected chi connectivity index (χ0v) is 18.8. The van der Waals surface area contributed by atoms with Crippen molar-refractivity contribution < 1.29 is 22.6 Å². The minimum absolute atomic E-state index is 0.0845. The smallest absolute Gasteiger partial charge is 0.402 e. The molecule has 2 aliphatic heterocycles. The molecule has 4 aliphatic rings. The molecule has 5 rings (SSSR count). The van der Waals surface area contributed by atoms with Crippen molar-refractivity contribution in [1.82, 2.24) is 9.88 Å². The topological polar surface area (TPSA) is 99.0 Å². The zero-order chi connectivity index (χ0) is 23.5. The van der Waals surface area contributed by atoms with Gasteiger partial charge < -0.3 is 20.9 Å². The first-order chi connectivity index (χ1) is 15.6. The maximum absolute atomic E-state index is 12.7. The number of hydrogen-bond donors (Lipinski definition) is 2. The van der Waals surface area contributed by atoms with Gasteiger partial charge in [0.15, 0.2) is 11.6 Å². The van der Waals surface area contributed by atoms with Gasteiger partial charge in [-0.3, -0.25) is 9.89 Å². The number of fused-ring (bicyclic) bond motifs is 3. The predicted molar refractivity (Wildman–Crippen MR) is 118 cm³/mol. The normalized spacial score (nSPS) is 34.2. The van der Waals surface area contributed by atoms with Crippen molar-refractivity contribution in [1.29, 1.82) is 0 Å². The van der Waals surface area contributed by atoms with Gasteiger partial charge in [0.2, 0.25) is 0 Å². The van der Waals surface area contributed by atoms with Crippen LogP contribution in [0.1, 0.15) is 38.7 Å². The van der Waals surface area contributed by atoms with Crippen LogP contribution < -0.4 is 16.2 Å². The Kier molecular flexibility index (Phi) is 5.55. The molecule has 4 fully saturated rings. The fourth-order valence-electron chi connectivity index (χ4n) is 5.98. The number of nitrogens with zero attached hydrogens (tertiary/aromatic N) is 3. The van der Waals surface area contributed by atoms with E-state index in [-0.39, 0.29) is 11.9 Å². The number of morpholine rings is 1. The van der Waals surface area contributed by atoms with E-state index in [0.717, 1.165) is 38.1 Å². The minimum atomic E-state index is -4.86. The van der Waals surface area contributed by atoms with Crippen molar-refractivity contribution >= 4 is 17.2 Å². The third kappa shape index (κ3) is 4.55. The van der Waals surface area contributed by atoms with Gasteiger partial charge in [-0.05, 0) is 57.1 Å². The van der Waals surface area contributed by atoms with Crippen molar-refractivity contribution in [3.8, 4) is 5.75 Å². The van der Waals surface area contributed by atoms with Crippen LogP contribution in [0.2, 0.25) is 0 Å². The Morgan fingerprint density at radius 2 is 2.00 bits per heavy atom. The maximum atomic E-state index is 12.7. The molecule has 2 saturated carbocycles. The Morgan fingerprint density at radius 1 is 1.27 bits per heavy atom. The molecular formula is C23H30F3N5O2. The summed E-state index contributed by atoms with van der Waals surface area (Å²) in [4.78, 5) is 11.3. The molecule has 1 aromatic rings. The van der Waals surface area contributed by atoms with Crippen LogP contribution >= 0.6 is 0 Å². The molecule has 10 heteroatoms. The van der Waals surface area contributed by atoms with Crippen LogP contribution in [-0.2, 0) is 4.74 Å². The summed E-state index contributed by atoms with van der Waals surface area (Å²) in [5.74, 6) is 0.582. The lowest BCUT2D eigenvalue weighted by atomic mass is 10.00. The molecule has 2 bridgehead atoms. The van der Waals surface area contributed by atoms with Gasteiger partial charge in [0.05, 0.1) is 12.7 Å². The summed E-state index contributed by atoms with van der Waals surface area (Å²) >= 11 is 0. The fraction of sp³-hybridized carbons (Fsp3) is 0.652. The summed E-state index contributed by atoms with van der Waals surface area (Å²) in [5, 5.41) is 0. The number of aromatic nitrogens is 1. The molecule has 0 aromatic carbocycles. The first-order valence-corrected chi connectivity index (χ1v) is 11.5. The highest BCUT2D eigenvalue weighted by atomic mass is 19.4. The van der Waals surface area contributed by atoms with Crippen LogP contribution in [0.25, 0.3) is 5.70 Å². The Balaban J connectivity index is 1.30. The highest BCUT2D eigenvalue weighted by Gasteiger charge is 2.60. The average Bonchev–Trinajstić information content (AvgIpc) is 3.15. The molecule has 1 aromatic heterocycles. The summed E-state index contributed by atoms with van der Waals surface area (Å²) < 4.78 is 47.7. The van der Waals surface area contributed by atoms with Gasteiger partial charge in [-0.15, -0.1) is 13.2 Å². The summed E-state index contributed by atoms with van der Waals surface area (Å²) in [5.41, 5.74) is 13.3. The van der Waals surface area contributed by atoms with Crippen molar-refractivity contribution in [2.24, 2.45) is 28.5 Å². The van der Waals surface area contributed by atoms with E-state index in [4.69, 9.17) is 21.2 Å². The van der Waals surface area contributed by atoms with E-state index in [1.165, 1.54) is 12.3 Å². The van der Waals surface area contributed by atoms with Crippen LogP contribution in [0.5, 0.6) is 5.75 Å². The summed E-state index contributed by atoms with van der Waals surface area (Å²) in [7, 11) is 0. The van der Waals surface area contributed by atoms with Gasteiger partial charge in [-0.1, -0.05) is 0 Å². The molecule has 2 saturated heterocycles. The number of rotatable bonds is 6. The van der Waals surface area contributed by atoms with E-state index in [1.807, 2.05) is 13.8 Å². The average molecular weight is 466 g/mol. The molecule has 6 atom stereocenters. The molecule has 180 valence electrons. The number of halogens is 3. The number of allylic oxidation sites excluding steroid dienone is 1. The number of pyridine rings is 1. The number of aliphatic imine (C=N–C) groups is 1. The summed E-state index contributed by atoms with van der Waals surface area (Å²) in [6.07, 6.45) is 2.14. The van der Waals surface area contributed by atoms with E-state index in [9.17, 15) is 13.2 Å². The highest BCUT2D eigenvalue weighted by molar-refractivity contribution is 6.04. The lowest BCUT2D eigenvalue weighted by Crippen LogP contribution is -2.44. The van der Waals surface area contributed by atoms with Crippen molar-refractivity contribution in [3.63, 3.8) is 0 Å². The molecule has 0 amide bonds. The van der Waals surface area contributed by atoms with Gasteiger partial charge in [-0.2, -0.15) is 0 Å². The number of anilines is 1. The Labute approximate surface area is 191 Å².